The number of hydrogen-bond acceptors (Lipinski definition) is 2. The van der Waals surface area contributed by atoms with E-state index in [1.54, 1.807) is 0 Å². The lowest BCUT2D eigenvalue weighted by molar-refractivity contribution is -0.0112. The second-order valence-corrected chi connectivity index (χ2v) is 4.58. The summed E-state index contributed by atoms with van der Waals surface area (Å²) in [6.45, 7) is 1.53. The monoisotopic (exact) mass is 270 g/mol. The van der Waals surface area contributed by atoms with E-state index in [2.05, 4.69) is 15.9 Å². The lowest BCUT2D eigenvalue weighted by Crippen LogP contribution is -2.25. The van der Waals surface area contributed by atoms with Crippen LogP contribution in [0.4, 0.5) is 0 Å². The number of halogens is 1. The van der Waals surface area contributed by atoms with Gasteiger partial charge in [-0.05, 0) is 47.3 Å². The first-order valence-electron chi connectivity index (χ1n) is 5.35. The first-order chi connectivity index (χ1) is 7.36. The van der Waals surface area contributed by atoms with E-state index in [9.17, 15) is 0 Å². The van der Waals surface area contributed by atoms with Crippen LogP contribution in [0.15, 0.2) is 28.7 Å². The van der Waals surface area contributed by atoms with Crippen LogP contribution in [0, 0.1) is 0 Å². The topological polar surface area (TPSA) is 18.5 Å². The van der Waals surface area contributed by atoms with Crippen LogP contribution in [0.2, 0.25) is 0 Å². The van der Waals surface area contributed by atoms with Gasteiger partial charge in [-0.25, -0.2) is 0 Å². The van der Waals surface area contributed by atoms with E-state index in [1.807, 2.05) is 24.3 Å². The first-order valence-corrected chi connectivity index (χ1v) is 6.14. The Morgan fingerprint density at radius 2 is 2.20 bits per heavy atom. The van der Waals surface area contributed by atoms with Gasteiger partial charge in [0.1, 0.15) is 12.4 Å². The van der Waals surface area contributed by atoms with E-state index in [-0.39, 0.29) is 6.10 Å². The van der Waals surface area contributed by atoms with Gasteiger partial charge in [-0.1, -0.05) is 12.1 Å². The highest BCUT2D eigenvalue weighted by Gasteiger charge is 2.14. The van der Waals surface area contributed by atoms with Crippen LogP contribution in [0.5, 0.6) is 5.75 Å². The molecule has 1 heterocycles. The van der Waals surface area contributed by atoms with Crippen molar-refractivity contribution in [1.29, 1.82) is 0 Å². The summed E-state index contributed by atoms with van der Waals surface area (Å²) in [6, 6.07) is 7.90. The summed E-state index contributed by atoms with van der Waals surface area (Å²) < 4.78 is 12.3. The maximum Gasteiger partial charge on any atom is 0.133 e. The zero-order valence-corrected chi connectivity index (χ0v) is 10.2. The molecule has 1 fully saturated rings. The summed E-state index contributed by atoms with van der Waals surface area (Å²) in [5.41, 5.74) is 0. The van der Waals surface area contributed by atoms with Crippen LogP contribution in [0.3, 0.4) is 0 Å². The number of ether oxygens (including phenoxy) is 2. The highest BCUT2D eigenvalue weighted by molar-refractivity contribution is 9.10. The highest BCUT2D eigenvalue weighted by atomic mass is 79.9. The molecular formula is C12H15BrO2. The van der Waals surface area contributed by atoms with Crippen LogP contribution in [0.1, 0.15) is 19.3 Å². The Balaban J connectivity index is 1.84. The Morgan fingerprint density at radius 1 is 1.33 bits per heavy atom. The summed E-state index contributed by atoms with van der Waals surface area (Å²) >= 11 is 3.46. The second-order valence-electron chi connectivity index (χ2n) is 3.73. The molecule has 0 spiro atoms. The number of rotatable bonds is 3. The van der Waals surface area contributed by atoms with Gasteiger partial charge in [-0.2, -0.15) is 0 Å². The highest BCUT2D eigenvalue weighted by Crippen LogP contribution is 2.24. The smallest absolute Gasteiger partial charge is 0.133 e. The summed E-state index contributed by atoms with van der Waals surface area (Å²) in [7, 11) is 0. The van der Waals surface area contributed by atoms with Crippen molar-refractivity contribution in [2.75, 3.05) is 13.2 Å². The normalized spacial score (nSPS) is 21.3. The molecule has 0 aliphatic carbocycles. The molecule has 0 saturated carbocycles. The minimum Gasteiger partial charge on any atom is -0.490 e. The summed E-state index contributed by atoms with van der Waals surface area (Å²) in [6.07, 6.45) is 3.82. The SMILES string of the molecule is Brc1ccccc1OCC1CCCCO1. The van der Waals surface area contributed by atoms with Crippen LogP contribution >= 0.6 is 15.9 Å². The first kappa shape index (κ1) is 11.0. The Labute approximate surface area is 98.7 Å². The molecule has 2 rings (SSSR count). The Kier molecular flexibility index (Phi) is 4.03. The molecule has 1 unspecified atom stereocenters. The van der Waals surface area contributed by atoms with Gasteiger partial charge in [-0.3, -0.25) is 0 Å². The molecule has 0 N–H and O–H groups in total. The molecule has 0 bridgehead atoms. The molecule has 1 atom stereocenters. The number of para-hydroxylation sites is 1. The molecule has 2 nitrogen and oxygen atoms in total. The van der Waals surface area contributed by atoms with Crippen molar-refractivity contribution in [2.45, 2.75) is 25.4 Å². The van der Waals surface area contributed by atoms with Crippen molar-refractivity contribution in [2.24, 2.45) is 0 Å². The van der Waals surface area contributed by atoms with Gasteiger partial charge in [-0.15, -0.1) is 0 Å². The fourth-order valence-electron chi connectivity index (χ4n) is 1.68. The largest absolute Gasteiger partial charge is 0.490 e. The zero-order valence-electron chi connectivity index (χ0n) is 8.62. The predicted molar refractivity (Wildman–Crippen MR) is 63.2 cm³/mol. The molecule has 1 aromatic carbocycles. The quantitative estimate of drug-likeness (QED) is 0.838. The summed E-state index contributed by atoms with van der Waals surface area (Å²) in [4.78, 5) is 0. The molecule has 0 amide bonds. The Morgan fingerprint density at radius 3 is 2.93 bits per heavy atom. The third-order valence-electron chi connectivity index (χ3n) is 2.54. The summed E-state index contributed by atoms with van der Waals surface area (Å²) in [5.74, 6) is 0.895. The van der Waals surface area contributed by atoms with Crippen molar-refractivity contribution in [3.63, 3.8) is 0 Å². The van der Waals surface area contributed by atoms with Crippen LogP contribution in [0.25, 0.3) is 0 Å². The third-order valence-corrected chi connectivity index (χ3v) is 3.19. The van der Waals surface area contributed by atoms with Gasteiger partial charge in [0.15, 0.2) is 0 Å². The average Bonchev–Trinajstić information content (AvgIpc) is 2.29. The summed E-state index contributed by atoms with van der Waals surface area (Å²) in [5, 5.41) is 0. The lowest BCUT2D eigenvalue weighted by atomic mass is 10.1. The Bertz CT molecular complexity index is 308. The molecule has 1 aromatic rings. The van der Waals surface area contributed by atoms with Gasteiger partial charge < -0.3 is 9.47 Å². The molecule has 3 heteroatoms. The number of hydrogen-bond donors (Lipinski definition) is 0. The maximum absolute atomic E-state index is 5.70. The van der Waals surface area contributed by atoms with Crippen LogP contribution in [-0.4, -0.2) is 19.3 Å². The minimum atomic E-state index is 0.269. The second kappa shape index (κ2) is 5.52. The molecule has 82 valence electrons. The van der Waals surface area contributed by atoms with E-state index in [1.165, 1.54) is 12.8 Å². The average molecular weight is 271 g/mol. The van der Waals surface area contributed by atoms with Crippen molar-refractivity contribution in [1.82, 2.24) is 0 Å². The minimum absolute atomic E-state index is 0.269. The molecular weight excluding hydrogens is 256 g/mol. The van der Waals surface area contributed by atoms with Gasteiger partial charge >= 0.3 is 0 Å². The Hall–Kier alpha value is -0.540. The molecule has 0 radical (unpaired) electrons. The van der Waals surface area contributed by atoms with E-state index >= 15 is 0 Å². The molecule has 1 aliphatic heterocycles. The van der Waals surface area contributed by atoms with Crippen molar-refractivity contribution in [3.05, 3.63) is 28.7 Å². The fourth-order valence-corrected chi connectivity index (χ4v) is 2.08. The van der Waals surface area contributed by atoms with Crippen molar-refractivity contribution in [3.8, 4) is 5.75 Å². The fraction of sp³-hybridized carbons (Fsp3) is 0.500. The lowest BCUT2D eigenvalue weighted by Gasteiger charge is -2.22. The van der Waals surface area contributed by atoms with Crippen molar-refractivity contribution >= 4 is 15.9 Å². The van der Waals surface area contributed by atoms with E-state index in [4.69, 9.17) is 9.47 Å². The van der Waals surface area contributed by atoms with Gasteiger partial charge in [0.05, 0.1) is 10.6 Å². The van der Waals surface area contributed by atoms with Gasteiger partial charge in [0.2, 0.25) is 0 Å². The van der Waals surface area contributed by atoms with Crippen LogP contribution < -0.4 is 4.74 Å². The molecule has 15 heavy (non-hydrogen) atoms. The van der Waals surface area contributed by atoms with Gasteiger partial charge in [0.25, 0.3) is 0 Å². The zero-order chi connectivity index (χ0) is 10.5. The molecule has 0 aromatic heterocycles. The predicted octanol–water partition coefficient (Wildman–Crippen LogP) is 3.40. The standard InChI is InChI=1S/C12H15BrO2/c13-11-6-1-2-7-12(11)15-9-10-5-3-4-8-14-10/h1-2,6-7,10H,3-5,8-9H2. The van der Waals surface area contributed by atoms with E-state index in [0.29, 0.717) is 6.61 Å². The third kappa shape index (κ3) is 3.21. The van der Waals surface area contributed by atoms with E-state index in [0.717, 1.165) is 23.2 Å². The van der Waals surface area contributed by atoms with Gasteiger partial charge in [0, 0.05) is 6.61 Å². The van der Waals surface area contributed by atoms with E-state index < -0.39 is 0 Å². The van der Waals surface area contributed by atoms with Crippen molar-refractivity contribution < 1.29 is 9.47 Å². The maximum atomic E-state index is 5.70. The molecule has 1 aliphatic rings. The molecule has 1 saturated heterocycles. The van der Waals surface area contributed by atoms with Crippen LogP contribution in [-0.2, 0) is 4.74 Å². The number of benzene rings is 1.